The van der Waals surface area contributed by atoms with Gasteiger partial charge in [-0.05, 0) is 29.8 Å². The minimum atomic E-state index is -0.825. The number of rotatable bonds is 5. The van der Waals surface area contributed by atoms with Gasteiger partial charge in [0.1, 0.15) is 11.8 Å². The third-order valence-corrected chi connectivity index (χ3v) is 4.05. The monoisotopic (exact) mass is 377 g/mol. The van der Waals surface area contributed by atoms with Crippen molar-refractivity contribution in [3.8, 4) is 5.75 Å². The summed E-state index contributed by atoms with van der Waals surface area (Å²) in [5.41, 5.74) is 1.14. The molecule has 0 unspecified atom stereocenters. The van der Waals surface area contributed by atoms with Crippen molar-refractivity contribution < 1.29 is 19.4 Å². The zero-order valence-electron chi connectivity index (χ0n) is 12.5. The highest BCUT2D eigenvalue weighted by atomic mass is 79.9. The average Bonchev–Trinajstić information content (AvgIpc) is 2.55. The van der Waals surface area contributed by atoms with Crippen LogP contribution in [0.1, 0.15) is 15.9 Å². The van der Waals surface area contributed by atoms with Gasteiger partial charge in [0.15, 0.2) is 0 Å². The summed E-state index contributed by atoms with van der Waals surface area (Å²) < 4.78 is 5.61. The summed E-state index contributed by atoms with van der Waals surface area (Å²) in [5, 5.41) is 12.1. The van der Waals surface area contributed by atoms with Crippen LogP contribution in [0.3, 0.4) is 0 Å². The predicted molar refractivity (Wildman–Crippen MR) is 89.2 cm³/mol. The lowest BCUT2D eigenvalue weighted by Crippen LogP contribution is -2.43. The van der Waals surface area contributed by atoms with Crippen molar-refractivity contribution in [1.82, 2.24) is 5.32 Å². The number of amides is 1. The van der Waals surface area contributed by atoms with Crippen molar-refractivity contribution in [2.45, 2.75) is 12.5 Å². The Hall–Kier alpha value is -2.34. The first-order valence-corrected chi connectivity index (χ1v) is 7.71. The number of phenolic OH excluding ortho intramolecular Hbond substituents is 1. The van der Waals surface area contributed by atoms with Gasteiger partial charge in [-0.2, -0.15) is 0 Å². The van der Waals surface area contributed by atoms with E-state index in [0.717, 1.165) is 10.0 Å². The standard InChI is InChI=1S/C17H16BrNO4/c1-23-17(22)15(10-11-5-2-3-8-14(11)18)19-16(21)12-6-4-7-13(20)9-12/h2-9,15,20H,10H2,1H3,(H,19,21)/t15-/m0/s1. The van der Waals surface area contributed by atoms with E-state index in [1.165, 1.54) is 19.2 Å². The number of nitrogens with one attached hydrogen (secondary N) is 1. The lowest BCUT2D eigenvalue weighted by atomic mass is 10.1. The highest BCUT2D eigenvalue weighted by molar-refractivity contribution is 9.10. The molecule has 1 atom stereocenters. The summed E-state index contributed by atoms with van der Waals surface area (Å²) in [4.78, 5) is 24.2. The van der Waals surface area contributed by atoms with Crippen molar-refractivity contribution in [3.63, 3.8) is 0 Å². The van der Waals surface area contributed by atoms with E-state index in [-0.39, 0.29) is 11.3 Å². The Morgan fingerprint density at radius 3 is 2.61 bits per heavy atom. The topological polar surface area (TPSA) is 75.6 Å². The van der Waals surface area contributed by atoms with Gasteiger partial charge >= 0.3 is 5.97 Å². The summed E-state index contributed by atoms with van der Waals surface area (Å²) in [6.07, 6.45) is 0.290. The molecule has 2 rings (SSSR count). The van der Waals surface area contributed by atoms with E-state index >= 15 is 0 Å². The molecule has 23 heavy (non-hydrogen) atoms. The Morgan fingerprint density at radius 2 is 1.96 bits per heavy atom. The minimum absolute atomic E-state index is 0.0157. The summed E-state index contributed by atoms with van der Waals surface area (Å²) in [6, 6.07) is 12.5. The molecular formula is C17H16BrNO4. The Morgan fingerprint density at radius 1 is 1.22 bits per heavy atom. The largest absolute Gasteiger partial charge is 0.508 e. The van der Waals surface area contributed by atoms with Crippen molar-refractivity contribution in [1.29, 1.82) is 0 Å². The number of hydrogen-bond donors (Lipinski definition) is 2. The van der Waals surface area contributed by atoms with E-state index in [0.29, 0.717) is 6.42 Å². The molecule has 0 aliphatic carbocycles. The molecule has 2 aromatic rings. The van der Waals surface area contributed by atoms with E-state index in [4.69, 9.17) is 4.74 Å². The van der Waals surface area contributed by atoms with Crippen molar-refractivity contribution in [2.24, 2.45) is 0 Å². The molecule has 2 N–H and O–H groups in total. The summed E-state index contributed by atoms with van der Waals surface area (Å²) in [5.74, 6) is -1.00. The molecule has 1 amide bonds. The predicted octanol–water partition coefficient (Wildman–Crippen LogP) is 2.67. The molecule has 0 aliphatic rings. The van der Waals surface area contributed by atoms with Crippen LogP contribution in [0.4, 0.5) is 0 Å². The van der Waals surface area contributed by atoms with Gasteiger partial charge < -0.3 is 15.2 Å². The molecule has 0 saturated carbocycles. The number of carbonyl (C=O) groups excluding carboxylic acids is 2. The van der Waals surface area contributed by atoms with Crippen LogP contribution in [0.25, 0.3) is 0 Å². The number of benzene rings is 2. The van der Waals surface area contributed by atoms with E-state index in [1.807, 2.05) is 24.3 Å². The van der Waals surface area contributed by atoms with E-state index < -0.39 is 17.9 Å². The van der Waals surface area contributed by atoms with Gasteiger partial charge in [0, 0.05) is 16.5 Å². The molecule has 0 bridgehead atoms. The summed E-state index contributed by atoms with van der Waals surface area (Å²) in [6.45, 7) is 0. The number of phenols is 1. The Labute approximate surface area is 142 Å². The number of esters is 1. The van der Waals surface area contributed by atoms with Gasteiger partial charge in [0.25, 0.3) is 5.91 Å². The molecule has 2 aromatic carbocycles. The molecule has 0 saturated heterocycles. The van der Waals surface area contributed by atoms with Crippen molar-refractivity contribution in [2.75, 3.05) is 7.11 Å². The smallest absolute Gasteiger partial charge is 0.328 e. The highest BCUT2D eigenvalue weighted by Crippen LogP contribution is 2.18. The van der Waals surface area contributed by atoms with Gasteiger partial charge in [0.2, 0.25) is 0 Å². The molecular weight excluding hydrogens is 362 g/mol. The zero-order valence-corrected chi connectivity index (χ0v) is 14.0. The van der Waals surface area contributed by atoms with Crippen LogP contribution in [0.5, 0.6) is 5.75 Å². The quantitative estimate of drug-likeness (QED) is 0.785. The van der Waals surface area contributed by atoms with Crippen molar-refractivity contribution >= 4 is 27.8 Å². The van der Waals surface area contributed by atoms with Crippen LogP contribution in [0.15, 0.2) is 53.0 Å². The van der Waals surface area contributed by atoms with Crippen LogP contribution in [0, 0.1) is 0 Å². The lowest BCUT2D eigenvalue weighted by Gasteiger charge is -2.17. The maximum atomic E-state index is 12.3. The molecule has 0 heterocycles. The number of methoxy groups -OCH3 is 1. The number of ether oxygens (including phenoxy) is 1. The molecule has 6 heteroatoms. The fourth-order valence-electron chi connectivity index (χ4n) is 2.11. The van der Waals surface area contributed by atoms with E-state index in [9.17, 15) is 14.7 Å². The second-order valence-electron chi connectivity index (χ2n) is 4.90. The van der Waals surface area contributed by atoms with E-state index in [1.54, 1.807) is 12.1 Å². The maximum absolute atomic E-state index is 12.3. The lowest BCUT2D eigenvalue weighted by molar-refractivity contribution is -0.142. The summed E-state index contributed by atoms with van der Waals surface area (Å²) in [7, 11) is 1.27. The van der Waals surface area contributed by atoms with Crippen LogP contribution in [-0.4, -0.2) is 30.1 Å². The first kappa shape index (κ1) is 17.0. The second kappa shape index (κ2) is 7.78. The van der Waals surface area contributed by atoms with Gasteiger partial charge in [-0.3, -0.25) is 4.79 Å². The normalized spacial score (nSPS) is 11.6. The third kappa shape index (κ3) is 4.56. The number of hydrogen-bond acceptors (Lipinski definition) is 4. The third-order valence-electron chi connectivity index (χ3n) is 3.28. The first-order valence-electron chi connectivity index (χ1n) is 6.92. The number of carbonyl (C=O) groups is 2. The minimum Gasteiger partial charge on any atom is -0.508 e. The van der Waals surface area contributed by atoms with Gasteiger partial charge in [0.05, 0.1) is 7.11 Å². The van der Waals surface area contributed by atoms with Gasteiger partial charge in [-0.1, -0.05) is 40.2 Å². The fourth-order valence-corrected chi connectivity index (χ4v) is 2.55. The van der Waals surface area contributed by atoms with Crippen LogP contribution in [0.2, 0.25) is 0 Å². The van der Waals surface area contributed by atoms with Gasteiger partial charge in [-0.15, -0.1) is 0 Å². The summed E-state index contributed by atoms with van der Waals surface area (Å²) >= 11 is 3.42. The first-order chi connectivity index (χ1) is 11.0. The van der Waals surface area contributed by atoms with Crippen LogP contribution >= 0.6 is 15.9 Å². The maximum Gasteiger partial charge on any atom is 0.328 e. The molecule has 0 spiro atoms. The fraction of sp³-hybridized carbons (Fsp3) is 0.176. The molecule has 0 radical (unpaired) electrons. The molecule has 5 nitrogen and oxygen atoms in total. The van der Waals surface area contributed by atoms with Crippen LogP contribution < -0.4 is 5.32 Å². The molecule has 120 valence electrons. The Kier molecular flexibility index (Phi) is 5.76. The van der Waals surface area contributed by atoms with Crippen molar-refractivity contribution in [3.05, 3.63) is 64.1 Å². The Balaban J connectivity index is 2.17. The van der Waals surface area contributed by atoms with Gasteiger partial charge in [-0.25, -0.2) is 4.79 Å². The second-order valence-corrected chi connectivity index (χ2v) is 5.75. The molecule has 0 aromatic heterocycles. The SMILES string of the molecule is COC(=O)[C@H](Cc1ccccc1Br)NC(=O)c1cccc(O)c1. The number of halogens is 1. The highest BCUT2D eigenvalue weighted by Gasteiger charge is 2.23. The Bertz CT molecular complexity index is 717. The number of aromatic hydroxyl groups is 1. The van der Waals surface area contributed by atoms with E-state index in [2.05, 4.69) is 21.2 Å². The average molecular weight is 378 g/mol. The van der Waals surface area contributed by atoms with Crippen LogP contribution in [-0.2, 0) is 16.0 Å². The molecule has 0 aliphatic heterocycles. The molecule has 0 fully saturated rings. The zero-order chi connectivity index (χ0) is 16.8.